The highest BCUT2D eigenvalue weighted by molar-refractivity contribution is 7.18. The molecule has 1 fully saturated rings. The Morgan fingerprint density at radius 1 is 1.27 bits per heavy atom. The average Bonchev–Trinajstić information content (AvgIpc) is 3.46. The second kappa shape index (κ2) is 9.71. The van der Waals surface area contributed by atoms with Crippen LogP contribution in [0.5, 0.6) is 0 Å². The second-order valence-electron chi connectivity index (χ2n) is 10.2. The van der Waals surface area contributed by atoms with E-state index >= 15 is 0 Å². The normalized spacial score (nSPS) is 16.2. The number of carbonyl (C=O) groups excluding carboxylic acids is 1. The molecule has 9 heteroatoms. The Hall–Kier alpha value is -3.58. The first-order valence-corrected chi connectivity index (χ1v) is 13.0. The zero-order valence-electron chi connectivity index (χ0n) is 20.7. The Morgan fingerprint density at radius 3 is 2.76 bits per heavy atom. The van der Waals surface area contributed by atoms with Gasteiger partial charge in [0.05, 0.1) is 28.1 Å². The number of aliphatic hydroxyl groups is 1. The van der Waals surface area contributed by atoms with Crippen molar-refractivity contribution in [1.29, 1.82) is 5.26 Å². The van der Waals surface area contributed by atoms with Gasteiger partial charge in [0.25, 0.3) is 5.91 Å². The van der Waals surface area contributed by atoms with Crippen LogP contribution >= 0.6 is 11.3 Å². The fourth-order valence-electron chi connectivity index (χ4n) is 4.74. The van der Waals surface area contributed by atoms with E-state index in [0.29, 0.717) is 30.1 Å². The summed E-state index contributed by atoms with van der Waals surface area (Å²) in [7, 11) is 0. The van der Waals surface area contributed by atoms with Gasteiger partial charge in [0.2, 0.25) is 0 Å². The first-order valence-electron chi connectivity index (χ1n) is 12.2. The number of halogens is 1. The number of nitrogens with zero attached hydrogens (tertiary/aromatic N) is 4. The fraction of sp³-hybridized carbons (Fsp3) is 0.321. The summed E-state index contributed by atoms with van der Waals surface area (Å²) in [6.07, 6.45) is 3.65. The molecule has 190 valence electrons. The number of piperidine rings is 1. The van der Waals surface area contributed by atoms with Crippen molar-refractivity contribution in [2.45, 2.75) is 44.9 Å². The van der Waals surface area contributed by atoms with Gasteiger partial charge in [-0.15, -0.1) is 11.3 Å². The summed E-state index contributed by atoms with van der Waals surface area (Å²) in [5.74, 6) is -0.684. The van der Waals surface area contributed by atoms with Crippen LogP contribution in [0.2, 0.25) is 0 Å². The molecule has 7 nitrogen and oxygen atoms in total. The highest BCUT2D eigenvalue weighted by Crippen LogP contribution is 2.41. The number of nitrogens with two attached hydrogens (primary N) is 1. The molecule has 1 saturated heterocycles. The number of thiophene rings is 1. The van der Waals surface area contributed by atoms with Gasteiger partial charge in [0.15, 0.2) is 0 Å². The zero-order chi connectivity index (χ0) is 26.3. The van der Waals surface area contributed by atoms with Crippen molar-refractivity contribution in [2.24, 2.45) is 5.73 Å². The van der Waals surface area contributed by atoms with Gasteiger partial charge >= 0.3 is 0 Å². The third kappa shape index (κ3) is 5.27. The van der Waals surface area contributed by atoms with Gasteiger partial charge in [-0.05, 0) is 68.1 Å². The van der Waals surface area contributed by atoms with E-state index in [0.717, 1.165) is 39.7 Å². The first-order chi connectivity index (χ1) is 17.6. The predicted molar refractivity (Wildman–Crippen MR) is 143 cm³/mol. The van der Waals surface area contributed by atoms with E-state index in [-0.39, 0.29) is 17.5 Å². The molecule has 2 aromatic heterocycles. The molecule has 1 atom stereocenters. The topological polar surface area (TPSA) is 108 Å². The summed E-state index contributed by atoms with van der Waals surface area (Å²) in [5, 5.41) is 24.8. The molecule has 5 rings (SSSR count). The van der Waals surface area contributed by atoms with Gasteiger partial charge in [-0.2, -0.15) is 10.4 Å². The number of likely N-dealkylation sites (tertiary alicyclic amines) is 1. The van der Waals surface area contributed by atoms with Crippen molar-refractivity contribution in [3.05, 3.63) is 64.9 Å². The first kappa shape index (κ1) is 25.1. The lowest BCUT2D eigenvalue weighted by Crippen LogP contribution is -2.45. The molecule has 0 radical (unpaired) electrons. The molecule has 0 spiro atoms. The van der Waals surface area contributed by atoms with E-state index < -0.39 is 11.4 Å². The van der Waals surface area contributed by atoms with Crippen LogP contribution in [0.15, 0.2) is 48.7 Å². The number of amides is 1. The number of carbonyl (C=O) groups is 1. The third-order valence-corrected chi connectivity index (χ3v) is 7.62. The van der Waals surface area contributed by atoms with Gasteiger partial charge in [-0.1, -0.05) is 12.1 Å². The summed E-state index contributed by atoms with van der Waals surface area (Å²) >= 11 is 1.36. The van der Waals surface area contributed by atoms with Crippen LogP contribution in [0.4, 0.5) is 4.39 Å². The van der Waals surface area contributed by atoms with Gasteiger partial charge in [-0.25, -0.2) is 4.39 Å². The molecule has 1 aliphatic rings. The lowest BCUT2D eigenvalue weighted by Gasteiger charge is -2.30. The lowest BCUT2D eigenvalue weighted by molar-refractivity contribution is 0.0579. The largest absolute Gasteiger partial charge is 0.389 e. The van der Waals surface area contributed by atoms with Gasteiger partial charge in [0, 0.05) is 41.2 Å². The maximum absolute atomic E-state index is 14.6. The van der Waals surface area contributed by atoms with Crippen LogP contribution in [-0.2, 0) is 6.54 Å². The van der Waals surface area contributed by atoms with Gasteiger partial charge in [-0.3, -0.25) is 9.48 Å². The van der Waals surface area contributed by atoms with E-state index in [1.165, 1.54) is 23.5 Å². The average molecular weight is 518 g/mol. The predicted octanol–water partition coefficient (Wildman–Crippen LogP) is 4.78. The number of nitriles is 1. The highest BCUT2D eigenvalue weighted by Gasteiger charge is 2.26. The summed E-state index contributed by atoms with van der Waals surface area (Å²) < 4.78 is 16.3. The summed E-state index contributed by atoms with van der Waals surface area (Å²) in [6, 6.07) is 14.0. The minimum absolute atomic E-state index is 0.0280. The Balaban J connectivity index is 1.59. The number of benzene rings is 2. The Kier molecular flexibility index (Phi) is 6.58. The van der Waals surface area contributed by atoms with Crippen LogP contribution in [0.3, 0.4) is 0 Å². The minimum atomic E-state index is -0.905. The van der Waals surface area contributed by atoms with Crippen molar-refractivity contribution in [3.63, 3.8) is 0 Å². The van der Waals surface area contributed by atoms with E-state index in [2.05, 4.69) is 5.10 Å². The van der Waals surface area contributed by atoms with E-state index in [1.54, 1.807) is 29.5 Å². The lowest BCUT2D eigenvalue weighted by atomic mass is 10.00. The van der Waals surface area contributed by atoms with E-state index in [1.807, 2.05) is 36.5 Å². The van der Waals surface area contributed by atoms with Crippen molar-refractivity contribution in [3.8, 4) is 27.6 Å². The van der Waals surface area contributed by atoms with Crippen molar-refractivity contribution >= 4 is 28.1 Å². The molecular formula is C28H28FN5O2S. The summed E-state index contributed by atoms with van der Waals surface area (Å²) in [6.45, 7) is 4.98. The Bertz CT molecular complexity index is 1530. The van der Waals surface area contributed by atoms with Gasteiger partial charge in [0.1, 0.15) is 11.9 Å². The van der Waals surface area contributed by atoms with Crippen molar-refractivity contribution in [1.82, 2.24) is 14.7 Å². The van der Waals surface area contributed by atoms with Crippen LogP contribution in [0.1, 0.15) is 41.9 Å². The molecule has 0 bridgehead atoms. The quantitative estimate of drug-likeness (QED) is 0.396. The number of hydrogen-bond acceptors (Lipinski definition) is 6. The van der Waals surface area contributed by atoms with Crippen LogP contribution in [0, 0.1) is 17.1 Å². The zero-order valence-corrected chi connectivity index (χ0v) is 21.6. The molecule has 37 heavy (non-hydrogen) atoms. The van der Waals surface area contributed by atoms with E-state index in [4.69, 9.17) is 11.0 Å². The molecule has 3 N–H and O–H groups in total. The Labute approximate surface area is 218 Å². The maximum atomic E-state index is 14.6. The minimum Gasteiger partial charge on any atom is -0.389 e. The molecular weight excluding hydrogens is 489 g/mol. The molecule has 3 heterocycles. The fourth-order valence-corrected chi connectivity index (χ4v) is 5.89. The number of aromatic nitrogens is 2. The highest BCUT2D eigenvalue weighted by atomic mass is 32.1. The monoisotopic (exact) mass is 517 g/mol. The van der Waals surface area contributed by atoms with Crippen molar-refractivity contribution in [2.75, 3.05) is 13.1 Å². The number of hydrogen-bond donors (Lipinski definition) is 2. The smallest absolute Gasteiger partial charge is 0.264 e. The molecule has 1 amide bonds. The molecule has 1 aliphatic heterocycles. The number of fused-ring (bicyclic) bond motifs is 1. The second-order valence-corrected chi connectivity index (χ2v) is 11.3. The van der Waals surface area contributed by atoms with Crippen LogP contribution in [0.25, 0.3) is 32.5 Å². The van der Waals surface area contributed by atoms with Crippen LogP contribution < -0.4 is 5.73 Å². The molecule has 2 aromatic carbocycles. The molecule has 4 aromatic rings. The Morgan fingerprint density at radius 2 is 2.05 bits per heavy atom. The maximum Gasteiger partial charge on any atom is 0.264 e. The molecule has 0 saturated carbocycles. The van der Waals surface area contributed by atoms with E-state index in [9.17, 15) is 14.3 Å². The molecule has 1 unspecified atom stereocenters. The van der Waals surface area contributed by atoms with Crippen LogP contribution in [-0.4, -0.2) is 50.4 Å². The number of rotatable bonds is 5. The SMILES string of the molecule is CC(C)(O)Cn1cc2cc(-c3sc(C(=O)N4CCCC(N)C4)cc3-c3ccc(C#N)c(F)c3)ccc2n1. The van der Waals surface area contributed by atoms with Gasteiger partial charge < -0.3 is 15.7 Å². The van der Waals surface area contributed by atoms with Crippen molar-refractivity contribution < 1.29 is 14.3 Å². The molecule has 0 aliphatic carbocycles. The standard InChI is InChI=1S/C28H28FN5O2S/c1-28(2,36)16-34-14-20-10-18(7-8-24(20)32-34)26-22(17-5-6-19(13-30)23(29)11-17)12-25(37-26)27(35)33-9-3-4-21(31)15-33/h5-8,10-12,14,21,36H,3-4,9,15-16,31H2,1-2H3. The summed E-state index contributed by atoms with van der Waals surface area (Å²) in [5.41, 5.74) is 8.15. The summed E-state index contributed by atoms with van der Waals surface area (Å²) in [4.78, 5) is 16.6. The third-order valence-electron chi connectivity index (χ3n) is 6.45.